The van der Waals surface area contributed by atoms with Crippen LogP contribution in [0, 0.1) is 0 Å². The summed E-state index contributed by atoms with van der Waals surface area (Å²) in [4.78, 5) is 24.7. The average molecular weight is 785 g/mol. The Balaban J connectivity index is 1.15. The summed E-state index contributed by atoms with van der Waals surface area (Å²) in [7, 11) is 0. The molecule has 2 N–H and O–H groups in total. The largest absolute Gasteiger partial charge is 0.392 e. The molecule has 308 valence electrons. The highest BCUT2D eigenvalue weighted by molar-refractivity contribution is 5.93. The minimum Gasteiger partial charge on any atom is -0.392 e. The number of amides is 1. The summed E-state index contributed by atoms with van der Waals surface area (Å²) >= 11 is 0. The lowest BCUT2D eigenvalue weighted by Crippen LogP contribution is -2.40. The predicted octanol–water partition coefficient (Wildman–Crippen LogP) is 11.3. The topological polar surface area (TPSA) is 96.8 Å². The summed E-state index contributed by atoms with van der Waals surface area (Å²) in [5.74, 6) is -0.261. The fourth-order valence-electron chi connectivity index (χ4n) is 7.96. The van der Waals surface area contributed by atoms with Crippen molar-refractivity contribution in [3.05, 3.63) is 131 Å². The summed E-state index contributed by atoms with van der Waals surface area (Å²) in [6.45, 7) is 8.02. The van der Waals surface area contributed by atoms with Gasteiger partial charge in [0.1, 0.15) is 5.69 Å². The molecule has 1 amide bonds. The molecule has 58 heavy (non-hydrogen) atoms. The first kappa shape index (κ1) is 43.1. The first-order valence-corrected chi connectivity index (χ1v) is 22.0. The zero-order valence-corrected chi connectivity index (χ0v) is 34.8. The van der Waals surface area contributed by atoms with Gasteiger partial charge in [-0.05, 0) is 65.9 Å². The molecular formula is C50H64N4O4. The number of aromatic nitrogens is 2. The van der Waals surface area contributed by atoms with Gasteiger partial charge in [0.15, 0.2) is 6.29 Å². The molecule has 4 aromatic carbocycles. The molecule has 1 fully saturated rings. The number of carbonyl (C=O) groups excluding carboxylic acids is 1. The van der Waals surface area contributed by atoms with Gasteiger partial charge in [0.25, 0.3) is 5.91 Å². The maximum atomic E-state index is 13.1. The molecule has 8 heteroatoms. The first-order chi connectivity index (χ1) is 28.5. The molecule has 8 nitrogen and oxygen atoms in total. The molecular weight excluding hydrogens is 721 g/mol. The zero-order valence-electron chi connectivity index (χ0n) is 34.8. The molecule has 3 atom stereocenters. The van der Waals surface area contributed by atoms with Gasteiger partial charge in [-0.2, -0.15) is 0 Å². The average Bonchev–Trinajstić information content (AvgIpc) is 3.27. The van der Waals surface area contributed by atoms with Crippen molar-refractivity contribution in [3.63, 3.8) is 0 Å². The first-order valence-electron chi connectivity index (χ1n) is 22.0. The lowest BCUT2D eigenvalue weighted by molar-refractivity contribution is -0.253. The SMILES string of the molecule is CCCCCCCCN(CCCCCCCC)C[C@H]1C[C@@H](c2ccc(CO)cc2)O[C@@H](c2ccc(-c3ccccc3CNC(=O)c3cnc4ccccc4n3)cc2)O1. The normalized spacial score (nSPS) is 16.9. The summed E-state index contributed by atoms with van der Waals surface area (Å²) in [6.07, 6.45) is 17.2. The van der Waals surface area contributed by atoms with E-state index in [1.54, 1.807) is 0 Å². The van der Waals surface area contributed by atoms with E-state index < -0.39 is 6.29 Å². The highest BCUT2D eigenvalue weighted by Gasteiger charge is 2.33. The van der Waals surface area contributed by atoms with Crippen LogP contribution in [0.15, 0.2) is 103 Å². The smallest absolute Gasteiger partial charge is 0.271 e. The van der Waals surface area contributed by atoms with Gasteiger partial charge in [-0.3, -0.25) is 9.78 Å². The molecule has 1 aromatic heterocycles. The van der Waals surface area contributed by atoms with Crippen LogP contribution in [0.2, 0.25) is 0 Å². The number of hydrogen-bond donors (Lipinski definition) is 2. The Morgan fingerprint density at radius 2 is 1.34 bits per heavy atom. The van der Waals surface area contributed by atoms with Crippen LogP contribution in [-0.4, -0.2) is 51.6 Å². The molecule has 1 aliphatic heterocycles. The number of carbonyl (C=O) groups is 1. The third kappa shape index (κ3) is 12.8. The Morgan fingerprint density at radius 3 is 2.03 bits per heavy atom. The van der Waals surface area contributed by atoms with Crippen LogP contribution in [0.3, 0.4) is 0 Å². The Bertz CT molecular complexity index is 1950. The van der Waals surface area contributed by atoms with Crippen molar-refractivity contribution in [1.29, 1.82) is 0 Å². The maximum Gasteiger partial charge on any atom is 0.271 e. The standard InChI is InChI=1S/C50H64N4O4/c1-3-5-7-9-11-17-31-54(32-18-12-10-8-6-4-2)36-43-33-48(40-25-23-38(37-55)24-26-40)58-50(57-43)41-29-27-39(28-30-41)44-20-14-13-19-42(44)34-52-49(56)47-35-51-45-21-15-16-22-46(45)53-47/h13-16,19-30,35,43,48,50,55H,3-12,17-18,31-34,36-37H2,1-2H3,(H,52,56)/t43-,48+,50+/m1/s1. The van der Waals surface area contributed by atoms with Crippen LogP contribution in [-0.2, 0) is 22.6 Å². The molecule has 0 spiro atoms. The highest BCUT2D eigenvalue weighted by atomic mass is 16.7. The van der Waals surface area contributed by atoms with Crippen molar-refractivity contribution >= 4 is 16.9 Å². The number of unbranched alkanes of at least 4 members (excludes halogenated alkanes) is 10. The van der Waals surface area contributed by atoms with E-state index in [0.717, 1.165) is 65.0 Å². The van der Waals surface area contributed by atoms with E-state index in [1.807, 2.05) is 54.6 Å². The number of benzene rings is 4. The summed E-state index contributed by atoms with van der Waals surface area (Å²) in [5.41, 5.74) is 7.82. The quantitative estimate of drug-likeness (QED) is 0.0637. The van der Waals surface area contributed by atoms with Crippen LogP contribution in [0.25, 0.3) is 22.2 Å². The van der Waals surface area contributed by atoms with Crippen molar-refractivity contribution in [2.75, 3.05) is 19.6 Å². The number of aliphatic hydroxyl groups is 1. The van der Waals surface area contributed by atoms with Crippen molar-refractivity contribution in [2.24, 2.45) is 0 Å². The van der Waals surface area contributed by atoms with Gasteiger partial charge >= 0.3 is 0 Å². The van der Waals surface area contributed by atoms with E-state index in [9.17, 15) is 9.90 Å². The third-order valence-corrected chi connectivity index (χ3v) is 11.4. The van der Waals surface area contributed by atoms with Crippen molar-refractivity contribution in [2.45, 2.75) is 129 Å². The van der Waals surface area contributed by atoms with Gasteiger partial charge < -0.3 is 24.8 Å². The van der Waals surface area contributed by atoms with E-state index >= 15 is 0 Å². The van der Waals surface area contributed by atoms with E-state index in [2.05, 4.69) is 76.5 Å². The number of aliphatic hydroxyl groups excluding tert-OH is 1. The Labute approximate surface area is 346 Å². The maximum absolute atomic E-state index is 13.1. The van der Waals surface area contributed by atoms with Gasteiger partial charge in [0, 0.05) is 25.1 Å². The van der Waals surface area contributed by atoms with Gasteiger partial charge in [0.2, 0.25) is 0 Å². The van der Waals surface area contributed by atoms with Crippen LogP contribution < -0.4 is 5.32 Å². The number of nitrogens with zero attached hydrogens (tertiary/aromatic N) is 3. The molecule has 5 aromatic rings. The summed E-state index contributed by atoms with van der Waals surface area (Å²) in [6, 6.07) is 32.3. The Kier molecular flexibility index (Phi) is 17.3. The molecule has 0 radical (unpaired) electrons. The second kappa shape index (κ2) is 23.2. The van der Waals surface area contributed by atoms with Crippen molar-refractivity contribution in [3.8, 4) is 11.1 Å². The lowest BCUT2D eigenvalue weighted by Gasteiger charge is -2.38. The van der Waals surface area contributed by atoms with Gasteiger partial charge in [-0.1, -0.05) is 163 Å². The van der Waals surface area contributed by atoms with Crippen molar-refractivity contribution < 1.29 is 19.4 Å². The fraction of sp³-hybridized carbons (Fsp3) is 0.460. The molecule has 0 bridgehead atoms. The van der Waals surface area contributed by atoms with Crippen LogP contribution in [0.1, 0.15) is 142 Å². The second-order valence-corrected chi connectivity index (χ2v) is 15.9. The monoisotopic (exact) mass is 784 g/mol. The fourth-order valence-corrected chi connectivity index (χ4v) is 7.96. The molecule has 1 saturated heterocycles. The van der Waals surface area contributed by atoms with Crippen LogP contribution >= 0.6 is 0 Å². The molecule has 0 saturated carbocycles. The summed E-state index contributed by atoms with van der Waals surface area (Å²) < 4.78 is 13.6. The minimum atomic E-state index is -0.516. The Morgan fingerprint density at radius 1 is 0.724 bits per heavy atom. The minimum absolute atomic E-state index is 0.0118. The number of nitrogens with one attached hydrogen (secondary N) is 1. The molecule has 0 aliphatic carbocycles. The van der Waals surface area contributed by atoms with E-state index in [4.69, 9.17) is 9.47 Å². The molecule has 2 heterocycles. The predicted molar refractivity (Wildman–Crippen MR) is 234 cm³/mol. The number of hydrogen-bond acceptors (Lipinski definition) is 7. The Hall–Kier alpha value is -4.47. The molecule has 0 unspecified atom stereocenters. The van der Waals surface area contributed by atoms with Crippen LogP contribution in [0.4, 0.5) is 0 Å². The number of para-hydroxylation sites is 2. The van der Waals surface area contributed by atoms with Crippen LogP contribution in [0.5, 0.6) is 0 Å². The van der Waals surface area contributed by atoms with E-state index in [0.29, 0.717) is 17.8 Å². The van der Waals surface area contributed by atoms with Gasteiger partial charge in [0.05, 0.1) is 36.0 Å². The number of ether oxygens (including phenoxy) is 2. The lowest BCUT2D eigenvalue weighted by atomic mass is 9.97. The third-order valence-electron chi connectivity index (χ3n) is 11.4. The van der Waals surface area contributed by atoms with E-state index in [1.165, 1.54) is 83.2 Å². The number of rotatable bonds is 23. The molecule has 1 aliphatic rings. The van der Waals surface area contributed by atoms with E-state index in [-0.39, 0.29) is 24.7 Å². The van der Waals surface area contributed by atoms with Gasteiger partial charge in [-0.15, -0.1) is 0 Å². The summed E-state index contributed by atoms with van der Waals surface area (Å²) in [5, 5.41) is 12.8. The second-order valence-electron chi connectivity index (χ2n) is 15.9. The highest BCUT2D eigenvalue weighted by Crippen LogP contribution is 2.39. The zero-order chi connectivity index (χ0) is 40.4. The van der Waals surface area contributed by atoms with Crippen molar-refractivity contribution in [1.82, 2.24) is 20.2 Å². The van der Waals surface area contributed by atoms with Gasteiger partial charge in [-0.25, -0.2) is 4.98 Å². The number of fused-ring (bicyclic) bond motifs is 1. The molecule has 6 rings (SSSR count).